The molecular formula is C30H32F3N7O3S. The summed E-state index contributed by atoms with van der Waals surface area (Å²) < 4.78 is 46.2. The van der Waals surface area contributed by atoms with Crippen molar-refractivity contribution in [3.8, 4) is 0 Å². The summed E-state index contributed by atoms with van der Waals surface area (Å²) in [7, 11) is 0. The first-order valence-corrected chi connectivity index (χ1v) is 15.1. The lowest BCUT2D eigenvalue weighted by atomic mass is 9.78. The normalized spacial score (nSPS) is 18.1. The Morgan fingerprint density at radius 3 is 2.73 bits per heavy atom. The van der Waals surface area contributed by atoms with Gasteiger partial charge in [0.2, 0.25) is 0 Å². The number of carbonyl (C=O) groups is 1. The summed E-state index contributed by atoms with van der Waals surface area (Å²) in [6.45, 7) is 14.2. The molecule has 44 heavy (non-hydrogen) atoms. The van der Waals surface area contributed by atoms with Crippen LogP contribution in [0.25, 0.3) is 26.1 Å². The summed E-state index contributed by atoms with van der Waals surface area (Å²) in [4.78, 5) is 45.2. The number of halogens is 3. The first-order valence-electron chi connectivity index (χ1n) is 14.3. The van der Waals surface area contributed by atoms with Crippen LogP contribution in [-0.2, 0) is 24.4 Å². The molecule has 1 aliphatic heterocycles. The minimum absolute atomic E-state index is 0.0564. The maximum absolute atomic E-state index is 13.5. The summed E-state index contributed by atoms with van der Waals surface area (Å²) in [5, 5.41) is 0.634. The molecule has 6 rings (SSSR count). The van der Waals surface area contributed by atoms with E-state index in [1.165, 1.54) is 10.9 Å². The molecule has 232 valence electrons. The fourth-order valence-corrected chi connectivity index (χ4v) is 7.47. The van der Waals surface area contributed by atoms with Gasteiger partial charge in [-0.3, -0.25) is 4.85 Å². The number of ether oxygens (including phenoxy) is 1. The maximum atomic E-state index is 13.5. The summed E-state index contributed by atoms with van der Waals surface area (Å²) in [6.07, 6.45) is -1.88. The highest BCUT2D eigenvalue weighted by molar-refractivity contribution is 7.18. The lowest BCUT2D eigenvalue weighted by Crippen LogP contribution is -2.56. The van der Waals surface area contributed by atoms with Crippen molar-refractivity contribution in [2.75, 3.05) is 18.0 Å². The molecule has 0 radical (unpaired) electrons. The topological polar surface area (TPSA) is 101 Å². The minimum atomic E-state index is -4.29. The third-order valence-electron chi connectivity index (χ3n) is 8.24. The van der Waals surface area contributed by atoms with E-state index in [9.17, 15) is 22.8 Å². The average molecular weight is 628 g/mol. The third kappa shape index (κ3) is 5.97. The molecule has 1 atom stereocenters. The number of carbonyl (C=O) groups excluding carboxylic acids is 1. The number of hydrogen-bond acceptors (Lipinski definition) is 7. The summed E-state index contributed by atoms with van der Waals surface area (Å²) in [6, 6.07) is 6.94. The molecule has 1 unspecified atom stereocenters. The monoisotopic (exact) mass is 627 g/mol. The molecule has 1 aliphatic carbocycles. The number of aromatic nitrogens is 4. The highest BCUT2D eigenvalue weighted by Crippen LogP contribution is 2.49. The van der Waals surface area contributed by atoms with Gasteiger partial charge in [-0.05, 0) is 63.8 Å². The second kappa shape index (κ2) is 10.8. The Bertz CT molecular complexity index is 1830. The van der Waals surface area contributed by atoms with E-state index in [4.69, 9.17) is 11.3 Å². The van der Waals surface area contributed by atoms with Crippen molar-refractivity contribution < 1.29 is 22.7 Å². The summed E-state index contributed by atoms with van der Waals surface area (Å²) in [5.41, 5.74) is 0.952. The first-order chi connectivity index (χ1) is 20.7. The Morgan fingerprint density at radius 1 is 1.25 bits per heavy atom. The van der Waals surface area contributed by atoms with Gasteiger partial charge in [-0.15, -0.1) is 11.3 Å². The van der Waals surface area contributed by atoms with Crippen LogP contribution in [0.1, 0.15) is 50.5 Å². The van der Waals surface area contributed by atoms with Crippen LogP contribution in [0, 0.1) is 12.0 Å². The Kier molecular flexibility index (Phi) is 7.34. The van der Waals surface area contributed by atoms with Crippen molar-refractivity contribution in [2.45, 2.75) is 77.5 Å². The van der Waals surface area contributed by atoms with Crippen LogP contribution in [0.5, 0.6) is 0 Å². The number of rotatable bonds is 6. The van der Waals surface area contributed by atoms with Gasteiger partial charge >= 0.3 is 18.0 Å². The van der Waals surface area contributed by atoms with E-state index in [1.54, 1.807) is 17.0 Å². The van der Waals surface area contributed by atoms with Gasteiger partial charge in [0.25, 0.3) is 6.67 Å². The summed E-state index contributed by atoms with van der Waals surface area (Å²) in [5.74, 6) is 0.644. The number of benzene rings is 1. The molecule has 3 aromatic heterocycles. The number of H-pyrrole nitrogens is 1. The van der Waals surface area contributed by atoms with Gasteiger partial charge in [0.1, 0.15) is 22.6 Å². The molecule has 1 amide bonds. The molecule has 0 bridgehead atoms. The van der Waals surface area contributed by atoms with E-state index in [2.05, 4.69) is 24.7 Å². The van der Waals surface area contributed by atoms with Gasteiger partial charge in [0.15, 0.2) is 0 Å². The van der Waals surface area contributed by atoms with E-state index in [0.29, 0.717) is 40.2 Å². The number of hydrogen-bond donors (Lipinski definition) is 1. The number of alkyl halides is 3. The molecular weight excluding hydrogens is 595 g/mol. The third-order valence-corrected chi connectivity index (χ3v) is 9.28. The van der Waals surface area contributed by atoms with Crippen molar-refractivity contribution in [1.82, 2.24) is 24.4 Å². The molecule has 1 spiro atoms. The molecule has 10 nitrogen and oxygen atoms in total. The molecule has 4 heterocycles. The van der Waals surface area contributed by atoms with Crippen LogP contribution in [0.3, 0.4) is 0 Å². The van der Waals surface area contributed by atoms with E-state index < -0.39 is 24.3 Å². The van der Waals surface area contributed by atoms with Crippen LogP contribution < -0.4 is 10.6 Å². The number of thiophene rings is 1. The summed E-state index contributed by atoms with van der Waals surface area (Å²) >= 11 is 1.04. The quantitative estimate of drug-likeness (QED) is 0.259. The van der Waals surface area contributed by atoms with Crippen LogP contribution in [-0.4, -0.2) is 61.4 Å². The van der Waals surface area contributed by atoms with E-state index in [1.807, 2.05) is 32.9 Å². The predicted molar refractivity (Wildman–Crippen MR) is 160 cm³/mol. The van der Waals surface area contributed by atoms with Crippen molar-refractivity contribution in [1.29, 1.82) is 0 Å². The van der Waals surface area contributed by atoms with Gasteiger partial charge in [0, 0.05) is 36.0 Å². The van der Waals surface area contributed by atoms with Crippen LogP contribution in [0.2, 0.25) is 0 Å². The van der Waals surface area contributed by atoms with Crippen LogP contribution >= 0.6 is 11.3 Å². The zero-order valence-corrected chi connectivity index (χ0v) is 25.4. The average Bonchev–Trinajstić information content (AvgIpc) is 3.59. The number of imidazole rings is 1. The molecule has 1 saturated heterocycles. The van der Waals surface area contributed by atoms with Crippen molar-refractivity contribution in [3.05, 3.63) is 62.9 Å². The van der Waals surface area contributed by atoms with Gasteiger partial charge in [-0.1, -0.05) is 6.07 Å². The number of fused-ring (bicyclic) bond motifs is 2. The zero-order chi connectivity index (χ0) is 31.4. The number of nitrogens with one attached hydrogen (secondary N) is 1. The number of amides is 1. The molecule has 2 aliphatic rings. The van der Waals surface area contributed by atoms with Gasteiger partial charge < -0.3 is 19.5 Å². The Balaban J connectivity index is 1.20. The molecule has 1 aromatic carbocycles. The fourth-order valence-electron chi connectivity index (χ4n) is 6.45. The largest absolute Gasteiger partial charge is 0.444 e. The molecule has 14 heteroatoms. The SMILES string of the molecule is [C-]#[N+]Cn1c(=O)[nH]c2cc(CN(C(=O)OC(C)(C)C)C3CCC4(C3)CN(c3ncnc5sc(CC(F)(F)F)cc35)C4)ccc21. The van der Waals surface area contributed by atoms with Gasteiger partial charge in [-0.2, -0.15) is 13.2 Å². The Morgan fingerprint density at radius 2 is 2.02 bits per heavy atom. The Hall–Kier alpha value is -4.12. The Labute approximate surface area is 255 Å². The standard InChI is InChI=1S/C30H32F3N7O3S/c1-28(2,3)43-27(42)39(13-18-5-6-23-22(9-18)37-26(41)40(23)17-34-4)19-7-8-29(11-19)14-38(15-29)24-21-10-20(12-30(31,32)33)44-25(21)36-16-35-24/h5-6,9-10,16,19H,7-8,11-15,17H2,1-3H3,(H,37,41). The van der Waals surface area contributed by atoms with Gasteiger partial charge in [0.05, 0.1) is 22.8 Å². The molecule has 1 saturated carbocycles. The lowest BCUT2D eigenvalue weighted by molar-refractivity contribution is -0.126. The van der Waals surface area contributed by atoms with E-state index >= 15 is 0 Å². The highest BCUT2D eigenvalue weighted by atomic mass is 32.1. The molecule has 4 aromatic rings. The van der Waals surface area contributed by atoms with Crippen molar-refractivity contribution >= 4 is 44.5 Å². The number of anilines is 1. The zero-order valence-electron chi connectivity index (χ0n) is 24.6. The predicted octanol–water partition coefficient (Wildman–Crippen LogP) is 6.11. The number of nitrogens with zero attached hydrogens (tertiary/aromatic N) is 6. The number of aromatic amines is 1. The van der Waals surface area contributed by atoms with E-state index in [-0.39, 0.29) is 35.2 Å². The van der Waals surface area contributed by atoms with Crippen molar-refractivity contribution in [3.63, 3.8) is 0 Å². The lowest BCUT2D eigenvalue weighted by Gasteiger charge is -2.49. The molecule has 2 fully saturated rings. The minimum Gasteiger partial charge on any atom is -0.444 e. The van der Waals surface area contributed by atoms with Crippen molar-refractivity contribution in [2.24, 2.45) is 5.41 Å². The fraction of sp³-hybridized carbons (Fsp3) is 0.500. The maximum Gasteiger partial charge on any atom is 0.410 e. The molecule has 1 N–H and O–H groups in total. The first kappa shape index (κ1) is 29.9. The smallest absolute Gasteiger partial charge is 0.410 e. The van der Waals surface area contributed by atoms with Crippen LogP contribution in [0.4, 0.5) is 23.8 Å². The van der Waals surface area contributed by atoms with Gasteiger partial charge in [-0.25, -0.2) is 30.7 Å². The van der Waals surface area contributed by atoms with E-state index in [0.717, 1.165) is 36.2 Å². The second-order valence-corrected chi connectivity index (χ2v) is 13.9. The van der Waals surface area contributed by atoms with Crippen LogP contribution in [0.15, 0.2) is 35.4 Å². The highest BCUT2D eigenvalue weighted by Gasteiger charge is 2.51. The second-order valence-electron chi connectivity index (χ2n) is 12.8.